The molecule has 0 aromatic rings. The van der Waals surface area contributed by atoms with Crippen LogP contribution in [-0.2, 0) is 42.7 Å². The minimum absolute atomic E-state index is 0.00320. The molecule has 0 amide bonds. The fourth-order valence-electron chi connectivity index (χ4n) is 2.88. The van der Waals surface area contributed by atoms with E-state index >= 15 is 0 Å². The number of esters is 2. The van der Waals surface area contributed by atoms with E-state index in [1.54, 1.807) is 0 Å². The van der Waals surface area contributed by atoms with Crippen LogP contribution >= 0.6 is 0 Å². The summed E-state index contributed by atoms with van der Waals surface area (Å²) in [5, 5.41) is 0. The largest absolute Gasteiger partial charge is 0.460 e. The van der Waals surface area contributed by atoms with Crippen molar-refractivity contribution in [2.75, 3.05) is 39.6 Å². The molecule has 0 spiro atoms. The SMILES string of the molecule is CC1(COC(=O)CC(F)(F)F)OCC(COCC2COC(C)(COC(=O)CC(F)(F)F)O2)O1. The average Bonchev–Trinajstić information content (AvgIpc) is 3.20. The lowest BCUT2D eigenvalue weighted by molar-refractivity contribution is -0.210. The van der Waals surface area contributed by atoms with Crippen molar-refractivity contribution in [3.63, 3.8) is 0 Å². The molecule has 4 unspecified atom stereocenters. The minimum Gasteiger partial charge on any atom is -0.460 e. The summed E-state index contributed by atoms with van der Waals surface area (Å²) in [5.41, 5.74) is 0. The van der Waals surface area contributed by atoms with Gasteiger partial charge < -0.3 is 33.2 Å². The lowest BCUT2D eigenvalue weighted by Gasteiger charge is -2.23. The highest BCUT2D eigenvalue weighted by atomic mass is 19.4. The fourth-order valence-corrected chi connectivity index (χ4v) is 2.88. The van der Waals surface area contributed by atoms with Crippen molar-refractivity contribution < 1.29 is 69.1 Å². The van der Waals surface area contributed by atoms with Gasteiger partial charge in [-0.3, -0.25) is 9.59 Å². The summed E-state index contributed by atoms with van der Waals surface area (Å²) >= 11 is 0. The van der Waals surface area contributed by atoms with Gasteiger partial charge in [0.1, 0.15) is 38.3 Å². The first-order chi connectivity index (χ1) is 15.1. The topological polar surface area (TPSA) is 98.8 Å². The van der Waals surface area contributed by atoms with Crippen molar-refractivity contribution >= 4 is 11.9 Å². The Morgan fingerprint density at radius 1 is 0.788 bits per heavy atom. The minimum atomic E-state index is -4.68. The first-order valence-electron chi connectivity index (χ1n) is 9.72. The molecule has 0 radical (unpaired) electrons. The number of alkyl halides is 6. The van der Waals surface area contributed by atoms with E-state index in [2.05, 4.69) is 9.47 Å². The van der Waals surface area contributed by atoms with E-state index in [0.29, 0.717) is 0 Å². The van der Waals surface area contributed by atoms with Crippen LogP contribution in [0.2, 0.25) is 0 Å². The van der Waals surface area contributed by atoms with E-state index in [4.69, 9.17) is 23.7 Å². The quantitative estimate of drug-likeness (QED) is 0.332. The smallest absolute Gasteiger partial charge is 0.399 e. The number of halogens is 6. The van der Waals surface area contributed by atoms with Crippen molar-refractivity contribution in [3.8, 4) is 0 Å². The van der Waals surface area contributed by atoms with Gasteiger partial charge in [-0.1, -0.05) is 0 Å². The molecule has 2 aliphatic rings. The van der Waals surface area contributed by atoms with Gasteiger partial charge in [-0.25, -0.2) is 0 Å². The number of rotatable bonds is 10. The third-order valence-electron chi connectivity index (χ3n) is 4.27. The standard InChI is InChI=1S/C18H24F6O9/c1-15(9-28-13(25)3-17(19,20)21)30-7-11(32-15)5-27-6-12-8-31-16(2,33-12)10-29-14(26)4-18(22,23)24/h11-12H,3-10H2,1-2H3. The Bertz CT molecular complexity index is 629. The molecular formula is C18H24F6O9. The summed E-state index contributed by atoms with van der Waals surface area (Å²) in [5.74, 6) is -5.77. The molecule has 15 heteroatoms. The Labute approximate surface area is 184 Å². The molecule has 192 valence electrons. The van der Waals surface area contributed by atoms with Crippen LogP contribution in [0.4, 0.5) is 26.3 Å². The first-order valence-corrected chi connectivity index (χ1v) is 9.72. The fraction of sp³-hybridized carbons (Fsp3) is 0.889. The monoisotopic (exact) mass is 498 g/mol. The van der Waals surface area contributed by atoms with Crippen LogP contribution in [-0.4, -0.2) is 87.7 Å². The zero-order valence-electron chi connectivity index (χ0n) is 17.8. The second kappa shape index (κ2) is 10.7. The second-order valence-corrected chi connectivity index (χ2v) is 7.81. The highest BCUT2D eigenvalue weighted by molar-refractivity contribution is 5.70. The van der Waals surface area contributed by atoms with E-state index in [9.17, 15) is 35.9 Å². The molecular weight excluding hydrogens is 474 g/mol. The van der Waals surface area contributed by atoms with Gasteiger partial charge in [-0.05, 0) is 13.8 Å². The van der Waals surface area contributed by atoms with Gasteiger partial charge in [0.05, 0.1) is 26.4 Å². The molecule has 2 fully saturated rings. The molecule has 33 heavy (non-hydrogen) atoms. The molecule has 9 nitrogen and oxygen atoms in total. The van der Waals surface area contributed by atoms with Crippen molar-refractivity contribution in [2.45, 2.75) is 62.8 Å². The molecule has 0 aliphatic carbocycles. The lowest BCUT2D eigenvalue weighted by Crippen LogP contribution is -2.36. The maximum Gasteiger partial charge on any atom is 0.399 e. The van der Waals surface area contributed by atoms with Gasteiger partial charge in [0.2, 0.25) is 11.6 Å². The van der Waals surface area contributed by atoms with Crippen LogP contribution < -0.4 is 0 Å². The Morgan fingerprint density at radius 2 is 1.15 bits per heavy atom. The molecule has 0 aromatic carbocycles. The average molecular weight is 498 g/mol. The summed E-state index contributed by atoms with van der Waals surface area (Å²) in [4.78, 5) is 22.3. The van der Waals surface area contributed by atoms with Gasteiger partial charge >= 0.3 is 24.3 Å². The van der Waals surface area contributed by atoms with Crippen molar-refractivity contribution in [2.24, 2.45) is 0 Å². The molecule has 0 bridgehead atoms. The van der Waals surface area contributed by atoms with Crippen LogP contribution in [0.3, 0.4) is 0 Å². The summed E-state index contributed by atoms with van der Waals surface area (Å²) in [6.45, 7) is 1.78. The molecule has 2 heterocycles. The van der Waals surface area contributed by atoms with Crippen molar-refractivity contribution in [1.82, 2.24) is 0 Å². The maximum atomic E-state index is 12.2. The third kappa shape index (κ3) is 10.4. The van der Waals surface area contributed by atoms with E-state index in [-0.39, 0.29) is 26.4 Å². The molecule has 2 saturated heterocycles. The van der Waals surface area contributed by atoms with Gasteiger partial charge in [0.15, 0.2) is 0 Å². The summed E-state index contributed by atoms with van der Waals surface area (Å²) in [6, 6.07) is 0. The van der Waals surface area contributed by atoms with E-state index in [1.807, 2.05) is 0 Å². The summed E-state index contributed by atoms with van der Waals surface area (Å²) in [7, 11) is 0. The normalized spacial score (nSPS) is 30.4. The number of carbonyl (C=O) groups is 2. The molecule has 0 N–H and O–H groups in total. The van der Waals surface area contributed by atoms with Gasteiger partial charge in [0, 0.05) is 0 Å². The zero-order valence-corrected chi connectivity index (χ0v) is 17.8. The number of carbonyl (C=O) groups excluding carboxylic acids is 2. The van der Waals surface area contributed by atoms with Gasteiger partial charge in [0.25, 0.3) is 0 Å². The highest BCUT2D eigenvalue weighted by Crippen LogP contribution is 2.27. The highest BCUT2D eigenvalue weighted by Gasteiger charge is 2.42. The number of hydrogen-bond donors (Lipinski definition) is 0. The van der Waals surface area contributed by atoms with Crippen LogP contribution in [0, 0.1) is 0 Å². The van der Waals surface area contributed by atoms with Crippen LogP contribution in [0.5, 0.6) is 0 Å². The van der Waals surface area contributed by atoms with Crippen LogP contribution in [0.15, 0.2) is 0 Å². The second-order valence-electron chi connectivity index (χ2n) is 7.81. The van der Waals surface area contributed by atoms with E-state index < -0.39 is 74.1 Å². The van der Waals surface area contributed by atoms with Crippen molar-refractivity contribution in [3.05, 3.63) is 0 Å². The van der Waals surface area contributed by atoms with E-state index in [1.165, 1.54) is 13.8 Å². The Morgan fingerprint density at radius 3 is 1.48 bits per heavy atom. The Balaban J connectivity index is 1.64. The molecule has 4 atom stereocenters. The van der Waals surface area contributed by atoms with Gasteiger partial charge in [-0.15, -0.1) is 0 Å². The number of ether oxygens (including phenoxy) is 7. The lowest BCUT2D eigenvalue weighted by atomic mass is 10.3. The number of hydrogen-bond acceptors (Lipinski definition) is 9. The summed E-state index contributed by atoms with van der Waals surface area (Å²) < 4.78 is 109. The third-order valence-corrected chi connectivity index (χ3v) is 4.27. The molecule has 2 rings (SSSR count). The van der Waals surface area contributed by atoms with Crippen LogP contribution in [0.1, 0.15) is 26.7 Å². The van der Waals surface area contributed by atoms with Gasteiger partial charge in [-0.2, -0.15) is 26.3 Å². The summed E-state index contributed by atoms with van der Waals surface area (Å²) in [6.07, 6.45) is -14.0. The van der Waals surface area contributed by atoms with E-state index in [0.717, 1.165) is 0 Å². The zero-order chi connectivity index (χ0) is 24.9. The maximum absolute atomic E-state index is 12.2. The van der Waals surface area contributed by atoms with Crippen LogP contribution in [0.25, 0.3) is 0 Å². The Hall–Kier alpha value is -1.68. The Kier molecular flexibility index (Phi) is 8.95. The predicted molar refractivity (Wildman–Crippen MR) is 92.5 cm³/mol. The first kappa shape index (κ1) is 27.6. The predicted octanol–water partition coefficient (Wildman–Crippen LogP) is 2.26. The molecule has 0 aromatic heterocycles. The molecule has 2 aliphatic heterocycles. The van der Waals surface area contributed by atoms with Crippen molar-refractivity contribution in [1.29, 1.82) is 0 Å². The molecule has 0 saturated carbocycles.